The fourth-order valence-electron chi connectivity index (χ4n) is 1.73. The molecular formula is C14H12F2O. The number of aliphatic hydroxyl groups is 1. The maximum absolute atomic E-state index is 13.1. The molecule has 1 unspecified atom stereocenters. The normalized spacial score (nSPS) is 14.4. The summed E-state index contributed by atoms with van der Waals surface area (Å²) in [4.78, 5) is 0. The van der Waals surface area contributed by atoms with E-state index >= 15 is 0 Å². The number of hydrogen-bond acceptors (Lipinski definition) is 1. The van der Waals surface area contributed by atoms with Crippen LogP contribution in [0.4, 0.5) is 8.78 Å². The highest BCUT2D eigenvalue weighted by Crippen LogP contribution is 2.29. The van der Waals surface area contributed by atoms with E-state index in [2.05, 4.69) is 0 Å². The highest BCUT2D eigenvalue weighted by atomic mass is 19.2. The lowest BCUT2D eigenvalue weighted by Gasteiger charge is -2.24. The molecule has 3 heteroatoms. The molecule has 0 fully saturated rings. The van der Waals surface area contributed by atoms with Crippen LogP contribution in [0.5, 0.6) is 0 Å². The van der Waals surface area contributed by atoms with E-state index in [1.165, 1.54) is 6.07 Å². The Bertz CT molecular complexity index is 521. The van der Waals surface area contributed by atoms with Crippen molar-refractivity contribution < 1.29 is 13.9 Å². The Morgan fingerprint density at radius 3 is 2.12 bits per heavy atom. The summed E-state index contributed by atoms with van der Waals surface area (Å²) in [7, 11) is 0. The molecule has 88 valence electrons. The van der Waals surface area contributed by atoms with Gasteiger partial charge in [-0.25, -0.2) is 8.78 Å². The van der Waals surface area contributed by atoms with Crippen molar-refractivity contribution in [1.82, 2.24) is 0 Å². The third-order valence-corrected chi connectivity index (χ3v) is 2.82. The molecule has 0 aromatic heterocycles. The summed E-state index contributed by atoms with van der Waals surface area (Å²) < 4.78 is 26.0. The van der Waals surface area contributed by atoms with Crippen molar-refractivity contribution in [2.24, 2.45) is 0 Å². The second-order valence-electron chi connectivity index (χ2n) is 4.07. The SMILES string of the molecule is CC(O)(c1ccccc1)c1ccc(F)c(F)c1. The van der Waals surface area contributed by atoms with Crippen molar-refractivity contribution in [2.75, 3.05) is 0 Å². The molecule has 0 heterocycles. The van der Waals surface area contributed by atoms with E-state index in [1.54, 1.807) is 31.2 Å². The molecule has 2 aromatic rings. The first kappa shape index (κ1) is 11.7. The van der Waals surface area contributed by atoms with Crippen LogP contribution >= 0.6 is 0 Å². The lowest BCUT2D eigenvalue weighted by atomic mass is 9.88. The average molecular weight is 234 g/mol. The minimum atomic E-state index is -1.34. The molecule has 0 aliphatic carbocycles. The number of benzene rings is 2. The summed E-state index contributed by atoms with van der Waals surface area (Å²) in [6, 6.07) is 12.3. The monoisotopic (exact) mass is 234 g/mol. The van der Waals surface area contributed by atoms with Crippen LogP contribution in [0.2, 0.25) is 0 Å². The van der Waals surface area contributed by atoms with Crippen molar-refractivity contribution in [3.63, 3.8) is 0 Å². The fraction of sp³-hybridized carbons (Fsp3) is 0.143. The van der Waals surface area contributed by atoms with Gasteiger partial charge in [0.05, 0.1) is 0 Å². The zero-order valence-electron chi connectivity index (χ0n) is 9.32. The molecular weight excluding hydrogens is 222 g/mol. The molecule has 17 heavy (non-hydrogen) atoms. The third kappa shape index (κ3) is 2.19. The summed E-state index contributed by atoms with van der Waals surface area (Å²) >= 11 is 0. The smallest absolute Gasteiger partial charge is 0.159 e. The minimum Gasteiger partial charge on any atom is -0.381 e. The Morgan fingerprint density at radius 2 is 1.53 bits per heavy atom. The van der Waals surface area contributed by atoms with Crippen molar-refractivity contribution in [2.45, 2.75) is 12.5 Å². The van der Waals surface area contributed by atoms with Gasteiger partial charge in [0.15, 0.2) is 11.6 Å². The lowest BCUT2D eigenvalue weighted by molar-refractivity contribution is 0.102. The van der Waals surface area contributed by atoms with Crippen molar-refractivity contribution >= 4 is 0 Å². The quantitative estimate of drug-likeness (QED) is 0.845. The number of halogens is 2. The second-order valence-corrected chi connectivity index (χ2v) is 4.07. The molecule has 0 spiro atoms. The standard InChI is InChI=1S/C14H12F2O/c1-14(17,10-5-3-2-4-6-10)11-7-8-12(15)13(16)9-11/h2-9,17H,1H3. The number of rotatable bonds is 2. The molecule has 0 aliphatic rings. The van der Waals surface area contributed by atoms with Gasteiger partial charge in [0, 0.05) is 0 Å². The molecule has 0 bridgehead atoms. The van der Waals surface area contributed by atoms with Gasteiger partial charge in [-0.15, -0.1) is 0 Å². The van der Waals surface area contributed by atoms with Gasteiger partial charge in [0.25, 0.3) is 0 Å². The van der Waals surface area contributed by atoms with Crippen LogP contribution in [0.15, 0.2) is 48.5 Å². The zero-order valence-corrected chi connectivity index (χ0v) is 9.32. The van der Waals surface area contributed by atoms with E-state index in [0.717, 1.165) is 12.1 Å². The minimum absolute atomic E-state index is 0.322. The second kappa shape index (κ2) is 4.26. The van der Waals surface area contributed by atoms with E-state index in [4.69, 9.17) is 0 Å². The fourth-order valence-corrected chi connectivity index (χ4v) is 1.73. The van der Waals surface area contributed by atoms with Crippen LogP contribution in [-0.4, -0.2) is 5.11 Å². The van der Waals surface area contributed by atoms with Gasteiger partial charge >= 0.3 is 0 Å². The van der Waals surface area contributed by atoms with Crippen LogP contribution in [-0.2, 0) is 5.60 Å². The van der Waals surface area contributed by atoms with Crippen LogP contribution in [0, 0.1) is 11.6 Å². The summed E-state index contributed by atoms with van der Waals surface area (Å²) in [5.41, 5.74) is -0.385. The maximum atomic E-state index is 13.1. The van der Waals surface area contributed by atoms with Crippen molar-refractivity contribution in [3.8, 4) is 0 Å². The predicted octanol–water partition coefficient (Wildman–Crippen LogP) is 3.22. The van der Waals surface area contributed by atoms with Gasteiger partial charge in [0.2, 0.25) is 0 Å². The van der Waals surface area contributed by atoms with E-state index in [9.17, 15) is 13.9 Å². The maximum Gasteiger partial charge on any atom is 0.159 e. The van der Waals surface area contributed by atoms with Crippen LogP contribution < -0.4 is 0 Å². The number of hydrogen-bond donors (Lipinski definition) is 1. The molecule has 0 amide bonds. The van der Waals surface area contributed by atoms with Gasteiger partial charge in [-0.3, -0.25) is 0 Å². The topological polar surface area (TPSA) is 20.2 Å². The molecule has 1 N–H and O–H groups in total. The first-order valence-corrected chi connectivity index (χ1v) is 5.25. The molecule has 2 aromatic carbocycles. The van der Waals surface area contributed by atoms with Crippen molar-refractivity contribution in [1.29, 1.82) is 0 Å². The summed E-state index contributed by atoms with van der Waals surface area (Å²) in [5, 5.41) is 10.4. The van der Waals surface area contributed by atoms with E-state index < -0.39 is 17.2 Å². The van der Waals surface area contributed by atoms with Crippen LogP contribution in [0.25, 0.3) is 0 Å². The highest BCUT2D eigenvalue weighted by Gasteiger charge is 2.26. The first-order valence-electron chi connectivity index (χ1n) is 5.25. The molecule has 1 nitrogen and oxygen atoms in total. The Hall–Kier alpha value is -1.74. The van der Waals surface area contributed by atoms with Gasteiger partial charge in [-0.2, -0.15) is 0 Å². The summed E-state index contributed by atoms with van der Waals surface area (Å²) in [5.74, 6) is -1.88. The Morgan fingerprint density at radius 1 is 0.882 bits per heavy atom. The molecule has 0 saturated heterocycles. The van der Waals surface area contributed by atoms with Gasteiger partial charge in [0.1, 0.15) is 5.60 Å². The Balaban J connectivity index is 2.48. The molecule has 0 aliphatic heterocycles. The Kier molecular flexibility index (Phi) is 2.94. The molecule has 2 rings (SSSR count). The van der Waals surface area contributed by atoms with Gasteiger partial charge < -0.3 is 5.11 Å². The van der Waals surface area contributed by atoms with E-state index in [-0.39, 0.29) is 0 Å². The molecule has 1 atom stereocenters. The van der Waals surface area contributed by atoms with E-state index in [1.807, 2.05) is 6.07 Å². The zero-order chi connectivity index (χ0) is 12.5. The van der Waals surface area contributed by atoms with E-state index in [0.29, 0.717) is 11.1 Å². The van der Waals surface area contributed by atoms with Crippen LogP contribution in [0.1, 0.15) is 18.1 Å². The summed E-state index contributed by atoms with van der Waals surface area (Å²) in [6.07, 6.45) is 0. The molecule has 0 radical (unpaired) electrons. The first-order chi connectivity index (χ1) is 8.01. The van der Waals surface area contributed by atoms with Gasteiger partial charge in [-0.05, 0) is 30.2 Å². The summed E-state index contributed by atoms with van der Waals surface area (Å²) in [6.45, 7) is 1.55. The lowest BCUT2D eigenvalue weighted by Crippen LogP contribution is -2.22. The highest BCUT2D eigenvalue weighted by molar-refractivity contribution is 5.35. The average Bonchev–Trinajstić information content (AvgIpc) is 2.33. The van der Waals surface area contributed by atoms with Crippen molar-refractivity contribution in [3.05, 3.63) is 71.3 Å². The Labute approximate surface area is 98.3 Å². The van der Waals surface area contributed by atoms with Crippen LogP contribution in [0.3, 0.4) is 0 Å². The predicted molar refractivity (Wildman–Crippen MR) is 61.5 cm³/mol. The van der Waals surface area contributed by atoms with Gasteiger partial charge in [-0.1, -0.05) is 36.4 Å². The largest absolute Gasteiger partial charge is 0.381 e. The third-order valence-electron chi connectivity index (χ3n) is 2.82. The molecule has 0 saturated carbocycles.